The lowest BCUT2D eigenvalue weighted by molar-refractivity contribution is 0.122. The maximum atomic E-state index is 5.86. The number of aromatic nitrogens is 3. The van der Waals surface area contributed by atoms with Gasteiger partial charge in [0.05, 0.1) is 13.2 Å². The molecule has 6 nitrogen and oxygen atoms in total. The molecule has 0 aliphatic carbocycles. The number of hydrogen-bond acceptors (Lipinski definition) is 6. The van der Waals surface area contributed by atoms with Gasteiger partial charge in [0.25, 0.3) is 0 Å². The molecule has 7 heteroatoms. The first-order chi connectivity index (χ1) is 8.29. The van der Waals surface area contributed by atoms with Gasteiger partial charge in [-0.1, -0.05) is 6.08 Å². The van der Waals surface area contributed by atoms with Crippen LogP contribution < -0.4 is 10.2 Å². The van der Waals surface area contributed by atoms with E-state index in [1.165, 1.54) is 0 Å². The first-order valence-electron chi connectivity index (χ1n) is 5.38. The van der Waals surface area contributed by atoms with Gasteiger partial charge in [-0.3, -0.25) is 0 Å². The molecule has 0 unspecified atom stereocenters. The van der Waals surface area contributed by atoms with Gasteiger partial charge in [0.2, 0.25) is 17.2 Å². The predicted octanol–water partition coefficient (Wildman–Crippen LogP) is 0.959. The van der Waals surface area contributed by atoms with Crippen molar-refractivity contribution < 1.29 is 4.74 Å². The fraction of sp³-hybridized carbons (Fsp3) is 0.500. The van der Waals surface area contributed by atoms with Gasteiger partial charge < -0.3 is 15.0 Å². The molecule has 1 N–H and O–H groups in total. The summed E-state index contributed by atoms with van der Waals surface area (Å²) >= 11 is 5.86. The van der Waals surface area contributed by atoms with Crippen molar-refractivity contribution >= 4 is 23.5 Å². The van der Waals surface area contributed by atoms with Crippen LogP contribution in [0, 0.1) is 0 Å². The fourth-order valence-corrected chi connectivity index (χ4v) is 1.64. The lowest BCUT2D eigenvalue weighted by Crippen LogP contribution is -2.37. The molecule has 0 atom stereocenters. The van der Waals surface area contributed by atoms with E-state index in [0.717, 1.165) is 13.1 Å². The van der Waals surface area contributed by atoms with Crippen LogP contribution in [0.4, 0.5) is 11.9 Å². The molecule has 1 fully saturated rings. The minimum Gasteiger partial charge on any atom is -0.378 e. The zero-order valence-electron chi connectivity index (χ0n) is 9.40. The highest BCUT2D eigenvalue weighted by atomic mass is 35.5. The monoisotopic (exact) mass is 255 g/mol. The summed E-state index contributed by atoms with van der Waals surface area (Å²) in [5.74, 6) is 1.05. The smallest absolute Gasteiger partial charge is 0.231 e. The zero-order chi connectivity index (χ0) is 12.1. The Morgan fingerprint density at radius 1 is 1.35 bits per heavy atom. The van der Waals surface area contributed by atoms with Crippen LogP contribution >= 0.6 is 11.6 Å². The number of halogens is 1. The fourth-order valence-electron chi connectivity index (χ4n) is 1.49. The Morgan fingerprint density at radius 2 is 2.12 bits per heavy atom. The van der Waals surface area contributed by atoms with Crippen LogP contribution in [0.3, 0.4) is 0 Å². The van der Waals surface area contributed by atoms with Gasteiger partial charge in [-0.25, -0.2) is 0 Å². The lowest BCUT2D eigenvalue weighted by Gasteiger charge is -2.26. The van der Waals surface area contributed by atoms with E-state index in [4.69, 9.17) is 16.3 Å². The molecule has 1 aromatic rings. The maximum absolute atomic E-state index is 5.86. The third-order valence-corrected chi connectivity index (χ3v) is 2.46. The van der Waals surface area contributed by atoms with Crippen molar-refractivity contribution in [1.82, 2.24) is 15.0 Å². The number of hydrogen-bond donors (Lipinski definition) is 1. The standard InChI is InChI=1S/C10H14ClN5O/c1-2-3-12-9-13-8(11)14-10(15-9)16-4-6-17-7-5-16/h2H,1,3-7H2,(H,12,13,14,15). The zero-order valence-corrected chi connectivity index (χ0v) is 10.2. The van der Waals surface area contributed by atoms with Crippen molar-refractivity contribution in [3.05, 3.63) is 17.9 Å². The van der Waals surface area contributed by atoms with Crippen molar-refractivity contribution in [2.45, 2.75) is 0 Å². The molecule has 17 heavy (non-hydrogen) atoms. The predicted molar refractivity (Wildman–Crippen MR) is 66.6 cm³/mol. The first-order valence-corrected chi connectivity index (χ1v) is 5.76. The molecule has 92 valence electrons. The van der Waals surface area contributed by atoms with Gasteiger partial charge in [-0.2, -0.15) is 15.0 Å². The highest BCUT2D eigenvalue weighted by Crippen LogP contribution is 2.14. The van der Waals surface area contributed by atoms with Gasteiger partial charge in [0.15, 0.2) is 0 Å². The molecule has 0 radical (unpaired) electrons. The maximum Gasteiger partial charge on any atom is 0.231 e. The van der Waals surface area contributed by atoms with Gasteiger partial charge in [0, 0.05) is 19.6 Å². The number of nitrogens with zero attached hydrogens (tertiary/aromatic N) is 4. The summed E-state index contributed by atoms with van der Waals surface area (Å²) in [5, 5.41) is 3.18. The van der Waals surface area contributed by atoms with Crippen LogP contribution in [-0.2, 0) is 4.74 Å². The molecule has 2 rings (SSSR count). The third-order valence-electron chi connectivity index (χ3n) is 2.29. The molecule has 0 bridgehead atoms. The molecule has 0 aromatic carbocycles. The van der Waals surface area contributed by atoms with E-state index in [-0.39, 0.29) is 5.28 Å². The Bertz CT molecular complexity index is 394. The second-order valence-electron chi connectivity index (χ2n) is 3.50. The summed E-state index contributed by atoms with van der Waals surface area (Å²) in [7, 11) is 0. The van der Waals surface area contributed by atoms with Gasteiger partial charge in [-0.15, -0.1) is 6.58 Å². The normalized spacial score (nSPS) is 15.7. The van der Waals surface area contributed by atoms with Crippen molar-refractivity contribution in [3.63, 3.8) is 0 Å². The van der Waals surface area contributed by atoms with E-state index >= 15 is 0 Å². The quantitative estimate of drug-likeness (QED) is 0.809. The molecule has 1 saturated heterocycles. The molecule has 1 aliphatic rings. The van der Waals surface area contributed by atoms with Crippen LogP contribution in [-0.4, -0.2) is 47.8 Å². The largest absolute Gasteiger partial charge is 0.378 e. The summed E-state index contributed by atoms with van der Waals surface area (Å²) in [6.45, 7) is 7.09. The summed E-state index contributed by atoms with van der Waals surface area (Å²) in [4.78, 5) is 14.4. The summed E-state index contributed by atoms with van der Waals surface area (Å²) in [5.41, 5.74) is 0. The van der Waals surface area contributed by atoms with Crippen LogP contribution in [0.25, 0.3) is 0 Å². The highest BCUT2D eigenvalue weighted by molar-refractivity contribution is 6.28. The van der Waals surface area contributed by atoms with Crippen LogP contribution in [0.15, 0.2) is 12.7 Å². The Kier molecular flexibility index (Phi) is 4.11. The van der Waals surface area contributed by atoms with E-state index in [2.05, 4.69) is 26.8 Å². The van der Waals surface area contributed by atoms with E-state index in [9.17, 15) is 0 Å². The molecule has 2 heterocycles. The average molecular weight is 256 g/mol. The molecule has 1 aromatic heterocycles. The Labute approximate surface area is 105 Å². The van der Waals surface area contributed by atoms with Gasteiger partial charge in [-0.05, 0) is 11.6 Å². The minimum absolute atomic E-state index is 0.188. The minimum atomic E-state index is 0.188. The Morgan fingerprint density at radius 3 is 2.82 bits per heavy atom. The number of rotatable bonds is 4. The number of nitrogens with one attached hydrogen (secondary N) is 1. The Hall–Kier alpha value is -1.40. The molecular formula is C10H14ClN5O. The van der Waals surface area contributed by atoms with Crippen molar-refractivity contribution in [3.8, 4) is 0 Å². The number of anilines is 2. The summed E-state index contributed by atoms with van der Waals surface area (Å²) < 4.78 is 5.27. The van der Waals surface area contributed by atoms with E-state index < -0.39 is 0 Å². The first kappa shape index (κ1) is 12.1. The molecule has 1 aliphatic heterocycles. The summed E-state index contributed by atoms with van der Waals surface area (Å²) in [6.07, 6.45) is 1.73. The third kappa shape index (κ3) is 3.28. The van der Waals surface area contributed by atoms with Gasteiger partial charge in [0.1, 0.15) is 0 Å². The average Bonchev–Trinajstić information content (AvgIpc) is 2.37. The number of ether oxygens (including phenoxy) is 1. The van der Waals surface area contributed by atoms with Crippen molar-refractivity contribution in [2.75, 3.05) is 43.1 Å². The van der Waals surface area contributed by atoms with Crippen molar-refractivity contribution in [2.24, 2.45) is 0 Å². The topological polar surface area (TPSA) is 63.2 Å². The second-order valence-corrected chi connectivity index (χ2v) is 3.84. The van der Waals surface area contributed by atoms with Crippen LogP contribution in [0.5, 0.6) is 0 Å². The molecule has 0 saturated carbocycles. The Balaban J connectivity index is 2.14. The lowest BCUT2D eigenvalue weighted by atomic mass is 10.4. The highest BCUT2D eigenvalue weighted by Gasteiger charge is 2.15. The number of morpholine rings is 1. The summed E-state index contributed by atoms with van der Waals surface area (Å²) in [6, 6.07) is 0. The second kappa shape index (κ2) is 5.79. The van der Waals surface area contributed by atoms with E-state index in [1.54, 1.807) is 6.08 Å². The molecule has 0 spiro atoms. The van der Waals surface area contributed by atoms with E-state index in [1.807, 2.05) is 4.90 Å². The van der Waals surface area contributed by atoms with Crippen molar-refractivity contribution in [1.29, 1.82) is 0 Å². The molecular weight excluding hydrogens is 242 g/mol. The van der Waals surface area contributed by atoms with Gasteiger partial charge >= 0.3 is 0 Å². The van der Waals surface area contributed by atoms with Crippen LogP contribution in [0.2, 0.25) is 5.28 Å². The van der Waals surface area contributed by atoms with E-state index in [0.29, 0.717) is 31.7 Å². The van der Waals surface area contributed by atoms with Crippen LogP contribution in [0.1, 0.15) is 0 Å². The molecule has 0 amide bonds. The SMILES string of the molecule is C=CCNc1nc(Cl)nc(N2CCOCC2)n1.